The summed E-state index contributed by atoms with van der Waals surface area (Å²) >= 11 is 0. The molecule has 1 aliphatic rings. The first-order valence-corrected chi connectivity index (χ1v) is 5.42. The van der Waals surface area contributed by atoms with Crippen molar-refractivity contribution in [1.29, 1.82) is 0 Å². The van der Waals surface area contributed by atoms with Gasteiger partial charge >= 0.3 is 0 Å². The molecule has 13 heavy (non-hydrogen) atoms. The highest BCUT2D eigenvalue weighted by Crippen LogP contribution is 2.07. The van der Waals surface area contributed by atoms with Gasteiger partial charge in [0, 0.05) is 13.1 Å². The number of nitrogens with one attached hydrogen (secondary N) is 1. The Morgan fingerprint density at radius 3 is 2.54 bits per heavy atom. The number of nitrogens with zero attached hydrogens (tertiary/aromatic N) is 1. The van der Waals surface area contributed by atoms with Crippen molar-refractivity contribution in [2.45, 2.75) is 25.7 Å². The Balaban J connectivity index is 1.86. The van der Waals surface area contributed by atoms with Crippen molar-refractivity contribution in [2.75, 3.05) is 39.4 Å². The van der Waals surface area contributed by atoms with Crippen LogP contribution in [0, 0.1) is 0 Å². The lowest BCUT2D eigenvalue weighted by molar-refractivity contribution is 0.229. The fraction of sp³-hybridized carbons (Fsp3) is 1.00. The number of hydrogen-bond acceptors (Lipinski definition) is 2. The highest BCUT2D eigenvalue weighted by Gasteiger charge is 2.08. The van der Waals surface area contributed by atoms with E-state index >= 15 is 0 Å². The van der Waals surface area contributed by atoms with Gasteiger partial charge in [0.15, 0.2) is 0 Å². The standard InChI is InChI=1S/C10H21FN2/c11-5-4-6-12-7-10-13-8-2-1-3-9-13/h12H,1-10H2. The molecule has 1 heterocycles. The van der Waals surface area contributed by atoms with Gasteiger partial charge in [-0.05, 0) is 38.9 Å². The van der Waals surface area contributed by atoms with Crippen molar-refractivity contribution in [3.05, 3.63) is 0 Å². The van der Waals surface area contributed by atoms with E-state index in [1.165, 1.54) is 32.4 Å². The van der Waals surface area contributed by atoms with Gasteiger partial charge in [-0.2, -0.15) is 0 Å². The quantitative estimate of drug-likeness (QED) is 0.634. The maximum Gasteiger partial charge on any atom is 0.0906 e. The maximum absolute atomic E-state index is 11.7. The van der Waals surface area contributed by atoms with Crippen molar-refractivity contribution in [3.63, 3.8) is 0 Å². The third-order valence-corrected chi connectivity index (χ3v) is 2.54. The first-order valence-electron chi connectivity index (χ1n) is 5.42. The summed E-state index contributed by atoms with van der Waals surface area (Å²) in [7, 11) is 0. The molecular formula is C10H21FN2. The van der Waals surface area contributed by atoms with Crippen LogP contribution in [-0.2, 0) is 0 Å². The summed E-state index contributed by atoms with van der Waals surface area (Å²) in [6.45, 7) is 5.28. The Hall–Kier alpha value is -0.150. The van der Waals surface area contributed by atoms with E-state index < -0.39 is 0 Å². The molecule has 1 fully saturated rings. The molecule has 1 rings (SSSR count). The van der Waals surface area contributed by atoms with Gasteiger partial charge in [0.1, 0.15) is 0 Å². The average molecular weight is 188 g/mol. The maximum atomic E-state index is 11.7. The second-order valence-corrected chi connectivity index (χ2v) is 3.69. The molecule has 0 unspecified atom stereocenters. The van der Waals surface area contributed by atoms with E-state index in [0.717, 1.165) is 19.6 Å². The fourth-order valence-electron chi connectivity index (χ4n) is 1.74. The van der Waals surface area contributed by atoms with Crippen LogP contribution in [0.3, 0.4) is 0 Å². The van der Waals surface area contributed by atoms with E-state index in [9.17, 15) is 4.39 Å². The predicted octanol–water partition coefficient (Wildman–Crippen LogP) is 1.42. The Labute approximate surface area is 80.5 Å². The monoisotopic (exact) mass is 188 g/mol. The minimum atomic E-state index is -0.198. The molecule has 1 N–H and O–H groups in total. The van der Waals surface area contributed by atoms with Crippen molar-refractivity contribution < 1.29 is 4.39 Å². The van der Waals surface area contributed by atoms with Gasteiger partial charge in [-0.3, -0.25) is 4.39 Å². The van der Waals surface area contributed by atoms with Crippen molar-refractivity contribution in [3.8, 4) is 0 Å². The van der Waals surface area contributed by atoms with Gasteiger partial charge in [0.05, 0.1) is 6.67 Å². The van der Waals surface area contributed by atoms with Gasteiger partial charge in [0.25, 0.3) is 0 Å². The summed E-state index contributed by atoms with van der Waals surface area (Å²) in [5.41, 5.74) is 0. The summed E-state index contributed by atoms with van der Waals surface area (Å²) in [4.78, 5) is 2.49. The Morgan fingerprint density at radius 1 is 1.08 bits per heavy atom. The van der Waals surface area contributed by atoms with Crippen LogP contribution in [-0.4, -0.2) is 44.3 Å². The molecule has 1 saturated heterocycles. The number of hydrogen-bond donors (Lipinski definition) is 1. The molecule has 0 saturated carbocycles. The number of halogens is 1. The molecule has 0 spiro atoms. The smallest absolute Gasteiger partial charge is 0.0906 e. The van der Waals surface area contributed by atoms with Crippen LogP contribution in [0.2, 0.25) is 0 Å². The lowest BCUT2D eigenvalue weighted by Gasteiger charge is -2.26. The largest absolute Gasteiger partial charge is 0.315 e. The van der Waals surface area contributed by atoms with E-state index in [1.807, 2.05) is 0 Å². The van der Waals surface area contributed by atoms with Crippen LogP contribution in [0.4, 0.5) is 4.39 Å². The molecule has 2 nitrogen and oxygen atoms in total. The van der Waals surface area contributed by atoms with Crippen LogP contribution in [0.15, 0.2) is 0 Å². The number of likely N-dealkylation sites (tertiary alicyclic amines) is 1. The van der Waals surface area contributed by atoms with Crippen molar-refractivity contribution in [1.82, 2.24) is 10.2 Å². The summed E-state index contributed by atoms with van der Waals surface area (Å²) in [6.07, 6.45) is 4.75. The molecule has 78 valence electrons. The van der Waals surface area contributed by atoms with Gasteiger partial charge in [-0.25, -0.2) is 0 Å². The number of rotatable bonds is 6. The summed E-state index contributed by atoms with van der Waals surface area (Å²) in [5.74, 6) is 0. The topological polar surface area (TPSA) is 15.3 Å². The summed E-state index contributed by atoms with van der Waals surface area (Å²) < 4.78 is 11.7. The molecule has 1 aliphatic heterocycles. The Kier molecular flexibility index (Phi) is 6.11. The fourth-order valence-corrected chi connectivity index (χ4v) is 1.74. The van der Waals surface area contributed by atoms with Crippen LogP contribution in [0.1, 0.15) is 25.7 Å². The third-order valence-electron chi connectivity index (χ3n) is 2.54. The van der Waals surface area contributed by atoms with E-state index in [-0.39, 0.29) is 6.67 Å². The van der Waals surface area contributed by atoms with E-state index in [4.69, 9.17) is 0 Å². The Morgan fingerprint density at radius 2 is 1.85 bits per heavy atom. The SMILES string of the molecule is FCCCNCCN1CCCCC1. The number of alkyl halides is 1. The molecule has 0 amide bonds. The molecule has 0 bridgehead atoms. The first kappa shape index (κ1) is 10.9. The molecule has 0 aromatic rings. The predicted molar refractivity (Wildman–Crippen MR) is 53.8 cm³/mol. The second kappa shape index (κ2) is 7.27. The van der Waals surface area contributed by atoms with Crippen LogP contribution in [0.25, 0.3) is 0 Å². The normalized spacial score (nSPS) is 19.2. The lowest BCUT2D eigenvalue weighted by Crippen LogP contribution is -2.36. The van der Waals surface area contributed by atoms with Crippen LogP contribution >= 0.6 is 0 Å². The average Bonchev–Trinajstić information content (AvgIpc) is 2.19. The van der Waals surface area contributed by atoms with E-state index in [1.54, 1.807) is 0 Å². The van der Waals surface area contributed by atoms with Gasteiger partial charge < -0.3 is 10.2 Å². The third kappa shape index (κ3) is 5.21. The zero-order valence-corrected chi connectivity index (χ0v) is 8.40. The van der Waals surface area contributed by atoms with Crippen molar-refractivity contribution >= 4 is 0 Å². The molecule has 0 aliphatic carbocycles. The zero-order chi connectivity index (χ0) is 9.36. The van der Waals surface area contributed by atoms with Gasteiger partial charge in [0.2, 0.25) is 0 Å². The van der Waals surface area contributed by atoms with Gasteiger partial charge in [-0.15, -0.1) is 0 Å². The van der Waals surface area contributed by atoms with E-state index in [2.05, 4.69) is 10.2 Å². The summed E-state index contributed by atoms with van der Waals surface area (Å²) in [5, 5.41) is 3.25. The van der Waals surface area contributed by atoms with Crippen molar-refractivity contribution in [2.24, 2.45) is 0 Å². The van der Waals surface area contributed by atoms with Gasteiger partial charge in [-0.1, -0.05) is 6.42 Å². The van der Waals surface area contributed by atoms with Crippen LogP contribution in [0.5, 0.6) is 0 Å². The highest BCUT2D eigenvalue weighted by molar-refractivity contribution is 4.65. The number of piperidine rings is 1. The van der Waals surface area contributed by atoms with E-state index in [0.29, 0.717) is 6.42 Å². The molecule has 0 aromatic carbocycles. The molecule has 0 aromatic heterocycles. The first-order chi connectivity index (χ1) is 6.43. The molecule has 3 heteroatoms. The second-order valence-electron chi connectivity index (χ2n) is 3.69. The molecular weight excluding hydrogens is 167 g/mol. The Bertz CT molecular complexity index is 113. The zero-order valence-electron chi connectivity index (χ0n) is 8.40. The van der Waals surface area contributed by atoms with Crippen LogP contribution < -0.4 is 5.32 Å². The highest BCUT2D eigenvalue weighted by atomic mass is 19.1. The minimum Gasteiger partial charge on any atom is -0.315 e. The summed E-state index contributed by atoms with van der Waals surface area (Å²) in [6, 6.07) is 0. The minimum absolute atomic E-state index is 0.198. The molecule has 0 radical (unpaired) electrons. The lowest BCUT2D eigenvalue weighted by atomic mass is 10.1. The molecule has 0 atom stereocenters.